The minimum absolute atomic E-state index is 0.705. The SMILES string of the molecule is Clc1cncc(SCCN2CCOCC2)c1. The molecule has 1 aromatic rings. The summed E-state index contributed by atoms with van der Waals surface area (Å²) in [4.78, 5) is 7.63. The Morgan fingerprint density at radius 2 is 2.19 bits per heavy atom. The molecular weight excluding hydrogens is 244 g/mol. The second-order valence-electron chi connectivity index (χ2n) is 3.64. The molecule has 16 heavy (non-hydrogen) atoms. The highest BCUT2D eigenvalue weighted by molar-refractivity contribution is 7.99. The lowest BCUT2D eigenvalue weighted by Crippen LogP contribution is -2.37. The molecule has 2 heterocycles. The third-order valence-corrected chi connectivity index (χ3v) is 3.61. The molecule has 0 radical (unpaired) electrons. The Morgan fingerprint density at radius 3 is 2.94 bits per heavy atom. The van der Waals surface area contributed by atoms with Crippen molar-refractivity contribution in [3.05, 3.63) is 23.5 Å². The maximum absolute atomic E-state index is 5.87. The molecule has 1 fully saturated rings. The van der Waals surface area contributed by atoms with Crippen LogP contribution in [-0.4, -0.2) is 48.5 Å². The zero-order valence-electron chi connectivity index (χ0n) is 9.06. The molecule has 0 aromatic carbocycles. The van der Waals surface area contributed by atoms with Crippen LogP contribution in [0.2, 0.25) is 5.02 Å². The first-order valence-corrected chi connectivity index (χ1v) is 6.74. The van der Waals surface area contributed by atoms with E-state index in [2.05, 4.69) is 9.88 Å². The third kappa shape index (κ3) is 3.94. The van der Waals surface area contributed by atoms with Crippen LogP contribution in [0.5, 0.6) is 0 Å². The number of aromatic nitrogens is 1. The van der Waals surface area contributed by atoms with Crippen LogP contribution in [0.15, 0.2) is 23.4 Å². The van der Waals surface area contributed by atoms with Gasteiger partial charge in [-0.2, -0.15) is 0 Å². The number of ether oxygens (including phenoxy) is 1. The minimum Gasteiger partial charge on any atom is -0.379 e. The second kappa shape index (κ2) is 6.45. The molecule has 0 spiro atoms. The van der Waals surface area contributed by atoms with E-state index in [0.29, 0.717) is 5.02 Å². The van der Waals surface area contributed by atoms with E-state index < -0.39 is 0 Å². The normalized spacial score (nSPS) is 17.6. The number of hydrogen-bond donors (Lipinski definition) is 0. The standard InChI is InChI=1S/C11H15ClN2OS/c12-10-7-11(9-13-8-10)16-6-3-14-1-4-15-5-2-14/h7-9H,1-6H2. The molecular formula is C11H15ClN2OS. The largest absolute Gasteiger partial charge is 0.379 e. The van der Waals surface area contributed by atoms with Gasteiger partial charge in [0, 0.05) is 42.7 Å². The first kappa shape index (κ1) is 12.2. The van der Waals surface area contributed by atoms with Gasteiger partial charge in [-0.25, -0.2) is 0 Å². The van der Waals surface area contributed by atoms with Crippen molar-refractivity contribution in [2.45, 2.75) is 4.90 Å². The van der Waals surface area contributed by atoms with Gasteiger partial charge in [-0.15, -0.1) is 11.8 Å². The fourth-order valence-corrected chi connectivity index (χ4v) is 2.76. The maximum atomic E-state index is 5.87. The molecule has 0 bridgehead atoms. The molecule has 0 aliphatic carbocycles. The van der Waals surface area contributed by atoms with Crippen molar-refractivity contribution in [3.8, 4) is 0 Å². The van der Waals surface area contributed by atoms with Crippen LogP contribution >= 0.6 is 23.4 Å². The summed E-state index contributed by atoms with van der Waals surface area (Å²) in [5.41, 5.74) is 0. The van der Waals surface area contributed by atoms with E-state index in [-0.39, 0.29) is 0 Å². The summed E-state index contributed by atoms with van der Waals surface area (Å²) in [6.07, 6.45) is 3.52. The van der Waals surface area contributed by atoms with Gasteiger partial charge in [0.05, 0.1) is 18.2 Å². The molecule has 2 rings (SSSR count). The second-order valence-corrected chi connectivity index (χ2v) is 5.25. The number of thioether (sulfide) groups is 1. The predicted molar refractivity (Wildman–Crippen MR) is 67.2 cm³/mol. The molecule has 0 saturated carbocycles. The highest BCUT2D eigenvalue weighted by Gasteiger charge is 2.09. The van der Waals surface area contributed by atoms with E-state index in [9.17, 15) is 0 Å². The summed E-state index contributed by atoms with van der Waals surface area (Å²) in [5, 5.41) is 0.705. The summed E-state index contributed by atoms with van der Waals surface area (Å²) in [6, 6.07) is 1.96. The van der Waals surface area contributed by atoms with Crippen molar-refractivity contribution in [2.24, 2.45) is 0 Å². The number of pyridine rings is 1. The van der Waals surface area contributed by atoms with Gasteiger partial charge in [0.2, 0.25) is 0 Å². The van der Waals surface area contributed by atoms with Gasteiger partial charge in [-0.3, -0.25) is 9.88 Å². The van der Waals surface area contributed by atoms with Gasteiger partial charge in [0.15, 0.2) is 0 Å². The molecule has 3 nitrogen and oxygen atoms in total. The fourth-order valence-electron chi connectivity index (χ4n) is 1.59. The van der Waals surface area contributed by atoms with E-state index in [0.717, 1.165) is 43.5 Å². The number of halogens is 1. The van der Waals surface area contributed by atoms with E-state index in [1.165, 1.54) is 0 Å². The lowest BCUT2D eigenvalue weighted by molar-refractivity contribution is 0.0410. The van der Waals surface area contributed by atoms with Crippen molar-refractivity contribution < 1.29 is 4.74 Å². The van der Waals surface area contributed by atoms with Crippen LogP contribution < -0.4 is 0 Å². The summed E-state index contributed by atoms with van der Waals surface area (Å²) in [6.45, 7) is 4.93. The Balaban J connectivity index is 1.71. The molecule has 0 unspecified atom stereocenters. The Hall–Kier alpha value is -0.290. The average molecular weight is 259 g/mol. The quantitative estimate of drug-likeness (QED) is 0.773. The van der Waals surface area contributed by atoms with Gasteiger partial charge >= 0.3 is 0 Å². The van der Waals surface area contributed by atoms with Crippen molar-refractivity contribution in [1.29, 1.82) is 0 Å². The summed E-state index contributed by atoms with van der Waals surface area (Å²) < 4.78 is 5.30. The van der Waals surface area contributed by atoms with E-state index in [1.54, 1.807) is 18.0 Å². The molecule has 0 amide bonds. The van der Waals surface area contributed by atoms with Gasteiger partial charge in [-0.05, 0) is 6.07 Å². The van der Waals surface area contributed by atoms with E-state index >= 15 is 0 Å². The Kier molecular flexibility index (Phi) is 4.91. The zero-order chi connectivity index (χ0) is 11.2. The highest BCUT2D eigenvalue weighted by Crippen LogP contribution is 2.20. The van der Waals surface area contributed by atoms with Gasteiger partial charge in [0.1, 0.15) is 0 Å². The minimum atomic E-state index is 0.705. The van der Waals surface area contributed by atoms with E-state index in [4.69, 9.17) is 16.3 Å². The molecule has 1 aromatic heterocycles. The fraction of sp³-hybridized carbons (Fsp3) is 0.545. The van der Waals surface area contributed by atoms with Gasteiger partial charge in [0.25, 0.3) is 0 Å². The zero-order valence-corrected chi connectivity index (χ0v) is 10.6. The average Bonchev–Trinajstić information content (AvgIpc) is 2.30. The lowest BCUT2D eigenvalue weighted by Gasteiger charge is -2.26. The number of nitrogens with zero attached hydrogens (tertiary/aromatic N) is 2. The van der Waals surface area contributed by atoms with Crippen molar-refractivity contribution in [1.82, 2.24) is 9.88 Å². The van der Waals surface area contributed by atoms with Crippen LogP contribution in [0, 0.1) is 0 Å². The Morgan fingerprint density at radius 1 is 1.38 bits per heavy atom. The van der Waals surface area contributed by atoms with Crippen molar-refractivity contribution in [3.63, 3.8) is 0 Å². The summed E-state index contributed by atoms with van der Waals surface area (Å²) >= 11 is 7.67. The molecule has 0 atom stereocenters. The molecule has 1 aliphatic rings. The van der Waals surface area contributed by atoms with Gasteiger partial charge < -0.3 is 4.74 Å². The molecule has 0 N–H and O–H groups in total. The predicted octanol–water partition coefficient (Wildman–Crippen LogP) is 2.16. The van der Waals surface area contributed by atoms with Crippen LogP contribution in [0.4, 0.5) is 0 Å². The Labute approximate surface area is 105 Å². The van der Waals surface area contributed by atoms with E-state index in [1.807, 2.05) is 12.3 Å². The van der Waals surface area contributed by atoms with Crippen LogP contribution in [0.1, 0.15) is 0 Å². The summed E-state index contributed by atoms with van der Waals surface area (Å²) in [5.74, 6) is 1.07. The third-order valence-electron chi connectivity index (χ3n) is 2.46. The topological polar surface area (TPSA) is 25.4 Å². The maximum Gasteiger partial charge on any atom is 0.0600 e. The molecule has 88 valence electrons. The molecule has 1 saturated heterocycles. The monoisotopic (exact) mass is 258 g/mol. The first-order chi connectivity index (χ1) is 7.84. The lowest BCUT2D eigenvalue weighted by atomic mass is 10.4. The number of morpholine rings is 1. The number of hydrogen-bond acceptors (Lipinski definition) is 4. The van der Waals surface area contributed by atoms with Gasteiger partial charge in [-0.1, -0.05) is 11.6 Å². The van der Waals surface area contributed by atoms with Crippen LogP contribution in [0.3, 0.4) is 0 Å². The van der Waals surface area contributed by atoms with Crippen molar-refractivity contribution in [2.75, 3.05) is 38.6 Å². The first-order valence-electron chi connectivity index (χ1n) is 5.38. The number of rotatable bonds is 4. The molecule has 1 aliphatic heterocycles. The van der Waals surface area contributed by atoms with Crippen molar-refractivity contribution >= 4 is 23.4 Å². The van der Waals surface area contributed by atoms with Crippen LogP contribution in [-0.2, 0) is 4.74 Å². The molecule has 5 heteroatoms. The highest BCUT2D eigenvalue weighted by atomic mass is 35.5. The smallest absolute Gasteiger partial charge is 0.0600 e. The summed E-state index contributed by atoms with van der Waals surface area (Å²) in [7, 11) is 0. The Bertz CT molecular complexity index is 332. The van der Waals surface area contributed by atoms with Crippen LogP contribution in [0.25, 0.3) is 0 Å².